The minimum Gasteiger partial charge on any atom is -0.490 e. The molecule has 0 bridgehead atoms. The Morgan fingerprint density at radius 3 is 2.73 bits per heavy atom. The molecule has 0 spiro atoms. The third-order valence-electron chi connectivity index (χ3n) is 5.52. The minimum atomic E-state index is -3.46. The fourth-order valence-corrected chi connectivity index (χ4v) is 5.52. The van der Waals surface area contributed by atoms with E-state index in [1.165, 1.54) is 10.4 Å². The van der Waals surface area contributed by atoms with Crippen molar-refractivity contribution in [2.24, 2.45) is 7.05 Å². The van der Waals surface area contributed by atoms with Gasteiger partial charge in [0.05, 0.1) is 18.9 Å². The fraction of sp³-hybridized carbons (Fsp3) is 0.550. The van der Waals surface area contributed by atoms with E-state index in [0.29, 0.717) is 45.0 Å². The first kappa shape index (κ1) is 21.2. The van der Waals surface area contributed by atoms with E-state index in [-0.39, 0.29) is 12.3 Å². The number of ether oxygens (including phenoxy) is 2. The summed E-state index contributed by atoms with van der Waals surface area (Å²) in [7, 11) is -1.64. The zero-order chi connectivity index (χ0) is 21.1. The fourth-order valence-electron chi connectivity index (χ4n) is 3.85. The van der Waals surface area contributed by atoms with Crippen LogP contribution in [0.4, 0.5) is 4.39 Å². The van der Waals surface area contributed by atoms with Gasteiger partial charge in [-0.25, -0.2) is 4.39 Å². The lowest BCUT2D eigenvalue weighted by molar-refractivity contribution is -0.00672. The van der Waals surface area contributed by atoms with Crippen LogP contribution in [0.2, 0.25) is 0 Å². The van der Waals surface area contributed by atoms with Gasteiger partial charge in [-0.05, 0) is 31.0 Å². The van der Waals surface area contributed by atoms with Crippen LogP contribution < -0.4 is 4.74 Å². The van der Waals surface area contributed by atoms with Crippen LogP contribution in [0, 0.1) is 5.82 Å². The molecule has 0 saturated carbocycles. The molecule has 1 aromatic carbocycles. The Morgan fingerprint density at radius 2 is 1.97 bits per heavy atom. The predicted octanol–water partition coefficient (Wildman–Crippen LogP) is 1.89. The summed E-state index contributed by atoms with van der Waals surface area (Å²) in [5.74, 6) is -0.170. The standard InChI is InChI=1S/C20H27FN4O4S/c1-23-16(8-12-28-19-7-3-2-6-17(19)21)14-18(22-23)20-15-25(11-13-29-20)30(26,27)24-9-4-5-10-24/h2-3,6-7,14,20H,4-5,8-13,15H2,1H3/t20-/m0/s1. The highest BCUT2D eigenvalue weighted by Gasteiger charge is 2.36. The van der Waals surface area contributed by atoms with Crippen LogP contribution in [-0.4, -0.2) is 66.2 Å². The molecular weight excluding hydrogens is 411 g/mol. The number of halogens is 1. The molecule has 0 aliphatic carbocycles. The average Bonchev–Trinajstić information content (AvgIpc) is 3.41. The Morgan fingerprint density at radius 1 is 1.20 bits per heavy atom. The molecule has 10 heteroatoms. The van der Waals surface area contributed by atoms with E-state index in [1.54, 1.807) is 27.2 Å². The second-order valence-electron chi connectivity index (χ2n) is 7.54. The molecule has 4 rings (SSSR count). The van der Waals surface area contributed by atoms with Crippen LogP contribution in [0.25, 0.3) is 0 Å². The van der Waals surface area contributed by atoms with Gasteiger partial charge in [0.25, 0.3) is 10.2 Å². The van der Waals surface area contributed by atoms with E-state index >= 15 is 0 Å². The molecular formula is C20H27FN4O4S. The summed E-state index contributed by atoms with van der Waals surface area (Å²) in [4.78, 5) is 0. The number of benzene rings is 1. The van der Waals surface area contributed by atoms with Crippen LogP contribution in [0.1, 0.15) is 30.3 Å². The van der Waals surface area contributed by atoms with Crippen LogP contribution in [-0.2, 0) is 28.4 Å². The Bertz CT molecular complexity index is 975. The zero-order valence-electron chi connectivity index (χ0n) is 17.0. The Hall–Kier alpha value is -2.01. The largest absolute Gasteiger partial charge is 0.490 e. The van der Waals surface area contributed by atoms with Crippen molar-refractivity contribution in [2.75, 3.05) is 39.4 Å². The van der Waals surface area contributed by atoms with Crippen LogP contribution in [0.3, 0.4) is 0 Å². The van der Waals surface area contributed by atoms with Crippen molar-refractivity contribution in [3.63, 3.8) is 0 Å². The monoisotopic (exact) mass is 438 g/mol. The van der Waals surface area contributed by atoms with Gasteiger partial charge in [-0.15, -0.1) is 0 Å². The van der Waals surface area contributed by atoms with E-state index in [2.05, 4.69) is 5.10 Å². The molecule has 0 radical (unpaired) electrons. The molecule has 0 N–H and O–H groups in total. The van der Waals surface area contributed by atoms with Crippen molar-refractivity contribution in [2.45, 2.75) is 25.4 Å². The molecule has 2 aliphatic heterocycles. The lowest BCUT2D eigenvalue weighted by atomic mass is 10.2. The van der Waals surface area contributed by atoms with Crippen molar-refractivity contribution in [1.29, 1.82) is 0 Å². The summed E-state index contributed by atoms with van der Waals surface area (Å²) in [6.07, 6.45) is 1.95. The van der Waals surface area contributed by atoms with Gasteiger partial charge in [0.15, 0.2) is 11.6 Å². The lowest BCUT2D eigenvalue weighted by Crippen LogP contribution is -2.48. The number of rotatable bonds is 7. The Kier molecular flexibility index (Phi) is 6.37. The van der Waals surface area contributed by atoms with Crippen molar-refractivity contribution in [1.82, 2.24) is 18.4 Å². The lowest BCUT2D eigenvalue weighted by Gasteiger charge is -2.33. The number of morpholine rings is 1. The molecule has 1 atom stereocenters. The van der Waals surface area contributed by atoms with Gasteiger partial charge in [-0.2, -0.15) is 22.1 Å². The van der Waals surface area contributed by atoms with E-state index in [9.17, 15) is 12.8 Å². The molecule has 2 saturated heterocycles. The van der Waals surface area contributed by atoms with Crippen LogP contribution in [0.5, 0.6) is 5.75 Å². The SMILES string of the molecule is Cn1nc([C@@H]2CN(S(=O)(=O)N3CCCC3)CCO2)cc1CCOc1ccccc1F. The molecule has 2 aliphatic rings. The summed E-state index contributed by atoms with van der Waals surface area (Å²) in [5.41, 5.74) is 1.60. The van der Waals surface area contributed by atoms with Gasteiger partial charge < -0.3 is 9.47 Å². The second kappa shape index (κ2) is 9.01. The van der Waals surface area contributed by atoms with Gasteiger partial charge in [0.2, 0.25) is 0 Å². The first-order valence-electron chi connectivity index (χ1n) is 10.2. The van der Waals surface area contributed by atoms with Crippen molar-refractivity contribution in [3.8, 4) is 5.75 Å². The second-order valence-corrected chi connectivity index (χ2v) is 9.47. The maximum atomic E-state index is 13.7. The first-order chi connectivity index (χ1) is 14.4. The number of hydrogen-bond acceptors (Lipinski definition) is 5. The molecule has 30 heavy (non-hydrogen) atoms. The first-order valence-corrected chi connectivity index (χ1v) is 11.6. The summed E-state index contributed by atoms with van der Waals surface area (Å²) in [6.45, 7) is 2.41. The number of aryl methyl sites for hydroxylation is 1. The minimum absolute atomic E-state index is 0.221. The van der Waals surface area contributed by atoms with Crippen LogP contribution >= 0.6 is 0 Å². The Balaban J connectivity index is 1.39. The number of aromatic nitrogens is 2. The topological polar surface area (TPSA) is 76.9 Å². The van der Waals surface area contributed by atoms with Crippen LogP contribution in [0.15, 0.2) is 30.3 Å². The maximum Gasteiger partial charge on any atom is 0.282 e. The molecule has 0 unspecified atom stereocenters. The summed E-state index contributed by atoms with van der Waals surface area (Å²) in [5, 5.41) is 4.52. The number of hydrogen-bond donors (Lipinski definition) is 0. The van der Waals surface area contributed by atoms with E-state index in [4.69, 9.17) is 9.47 Å². The van der Waals surface area contributed by atoms with Crippen molar-refractivity contribution < 1.29 is 22.3 Å². The highest BCUT2D eigenvalue weighted by Crippen LogP contribution is 2.26. The third kappa shape index (κ3) is 4.51. The van der Waals surface area contributed by atoms with E-state index in [0.717, 1.165) is 18.5 Å². The van der Waals surface area contributed by atoms with E-state index in [1.807, 2.05) is 13.1 Å². The number of nitrogens with zero attached hydrogens (tertiary/aromatic N) is 4. The quantitative estimate of drug-likeness (QED) is 0.660. The van der Waals surface area contributed by atoms with Crippen molar-refractivity contribution >= 4 is 10.2 Å². The summed E-state index contributed by atoms with van der Waals surface area (Å²) >= 11 is 0. The van der Waals surface area contributed by atoms with Crippen molar-refractivity contribution in [3.05, 3.63) is 47.5 Å². The average molecular weight is 439 g/mol. The van der Waals surface area contributed by atoms with Gasteiger partial charge in [0.1, 0.15) is 6.10 Å². The van der Waals surface area contributed by atoms with E-state index < -0.39 is 22.1 Å². The maximum absolute atomic E-state index is 13.7. The molecule has 1 aromatic heterocycles. The van der Waals surface area contributed by atoms with Gasteiger partial charge in [0, 0.05) is 45.3 Å². The predicted molar refractivity (Wildman–Crippen MR) is 109 cm³/mol. The third-order valence-corrected chi connectivity index (χ3v) is 7.53. The molecule has 3 heterocycles. The Labute approximate surface area is 176 Å². The highest BCUT2D eigenvalue weighted by molar-refractivity contribution is 7.86. The smallest absolute Gasteiger partial charge is 0.282 e. The normalized spacial score (nSPS) is 21.2. The van der Waals surface area contributed by atoms with Gasteiger partial charge in [-0.1, -0.05) is 12.1 Å². The summed E-state index contributed by atoms with van der Waals surface area (Å²) in [6, 6.07) is 8.20. The molecule has 2 fully saturated rings. The summed E-state index contributed by atoms with van der Waals surface area (Å²) < 4.78 is 55.5. The molecule has 8 nitrogen and oxygen atoms in total. The molecule has 164 valence electrons. The molecule has 0 amide bonds. The number of para-hydroxylation sites is 1. The molecule has 2 aromatic rings. The highest BCUT2D eigenvalue weighted by atomic mass is 32.2. The zero-order valence-corrected chi connectivity index (χ0v) is 17.9. The van der Waals surface area contributed by atoms with Gasteiger partial charge >= 0.3 is 0 Å². The van der Waals surface area contributed by atoms with Gasteiger partial charge in [-0.3, -0.25) is 4.68 Å².